The number of sulfonamides is 1. The van der Waals surface area contributed by atoms with Crippen molar-refractivity contribution >= 4 is 43.5 Å². The lowest BCUT2D eigenvalue weighted by Crippen LogP contribution is -2.27. The number of hydrogen-bond donors (Lipinski definition) is 1. The van der Waals surface area contributed by atoms with Gasteiger partial charge in [0.1, 0.15) is 0 Å². The molecule has 1 N–H and O–H groups in total. The van der Waals surface area contributed by atoms with Gasteiger partial charge in [-0.05, 0) is 61.4 Å². The van der Waals surface area contributed by atoms with Crippen LogP contribution in [-0.4, -0.2) is 44.3 Å². The molecule has 1 aliphatic heterocycles. The lowest BCUT2D eigenvalue weighted by Gasteiger charge is -2.15. The van der Waals surface area contributed by atoms with Gasteiger partial charge in [0.15, 0.2) is 6.61 Å². The van der Waals surface area contributed by atoms with Crippen LogP contribution in [0.3, 0.4) is 0 Å². The van der Waals surface area contributed by atoms with E-state index in [2.05, 4.69) is 21.2 Å². The Kier molecular flexibility index (Phi) is 6.48. The molecule has 0 atom stereocenters. The van der Waals surface area contributed by atoms with Gasteiger partial charge in [0.2, 0.25) is 10.0 Å². The summed E-state index contributed by atoms with van der Waals surface area (Å²) in [6.45, 7) is 0.585. The van der Waals surface area contributed by atoms with Crippen LogP contribution < -0.4 is 5.32 Å². The fourth-order valence-corrected chi connectivity index (χ4v) is 4.57. The van der Waals surface area contributed by atoms with E-state index in [0.29, 0.717) is 18.8 Å². The van der Waals surface area contributed by atoms with Crippen molar-refractivity contribution in [3.8, 4) is 0 Å². The van der Waals surface area contributed by atoms with Crippen molar-refractivity contribution in [2.75, 3.05) is 25.0 Å². The van der Waals surface area contributed by atoms with Crippen molar-refractivity contribution in [1.82, 2.24) is 4.31 Å². The number of nitrogens with one attached hydrogen (secondary N) is 1. The summed E-state index contributed by atoms with van der Waals surface area (Å²) in [5.41, 5.74) is 0.762. The zero-order valence-electron chi connectivity index (χ0n) is 14.9. The minimum absolute atomic E-state index is 0.138. The molecule has 148 valence electrons. The summed E-state index contributed by atoms with van der Waals surface area (Å²) in [4.78, 5) is 24.1. The van der Waals surface area contributed by atoms with Crippen LogP contribution in [0.1, 0.15) is 23.2 Å². The molecule has 2 aromatic rings. The Morgan fingerprint density at radius 2 is 1.61 bits per heavy atom. The summed E-state index contributed by atoms with van der Waals surface area (Å²) in [6, 6.07) is 12.5. The normalized spacial score (nSPS) is 14.6. The Labute approximate surface area is 171 Å². The predicted octanol–water partition coefficient (Wildman–Crippen LogP) is 3.03. The number of halogens is 1. The molecule has 0 bridgehead atoms. The minimum atomic E-state index is -3.53. The van der Waals surface area contributed by atoms with Crippen LogP contribution in [0.4, 0.5) is 5.69 Å². The molecule has 1 fully saturated rings. The molecular formula is C19H19BrN2O5S. The van der Waals surface area contributed by atoms with Crippen LogP contribution in [0.2, 0.25) is 0 Å². The Morgan fingerprint density at radius 3 is 2.21 bits per heavy atom. The van der Waals surface area contributed by atoms with Crippen molar-refractivity contribution in [2.45, 2.75) is 17.7 Å². The number of anilines is 1. The molecule has 2 aromatic carbocycles. The number of benzene rings is 2. The maximum Gasteiger partial charge on any atom is 0.338 e. The van der Waals surface area contributed by atoms with E-state index in [9.17, 15) is 18.0 Å². The number of rotatable bonds is 6. The lowest BCUT2D eigenvalue weighted by molar-refractivity contribution is -0.119. The zero-order valence-corrected chi connectivity index (χ0v) is 17.3. The monoisotopic (exact) mass is 466 g/mol. The average Bonchev–Trinajstić information content (AvgIpc) is 3.24. The van der Waals surface area contributed by atoms with Crippen molar-refractivity contribution in [1.29, 1.82) is 0 Å². The maximum absolute atomic E-state index is 12.5. The second-order valence-corrected chi connectivity index (χ2v) is 9.12. The van der Waals surface area contributed by atoms with Gasteiger partial charge in [-0.2, -0.15) is 4.31 Å². The molecular weight excluding hydrogens is 448 g/mol. The summed E-state index contributed by atoms with van der Waals surface area (Å²) in [5, 5.41) is 2.61. The highest BCUT2D eigenvalue weighted by molar-refractivity contribution is 9.10. The van der Waals surface area contributed by atoms with E-state index >= 15 is 0 Å². The predicted molar refractivity (Wildman–Crippen MR) is 107 cm³/mol. The quantitative estimate of drug-likeness (QED) is 0.660. The van der Waals surface area contributed by atoms with Gasteiger partial charge in [0.05, 0.1) is 10.5 Å². The Bertz CT molecular complexity index is 953. The molecule has 0 aliphatic carbocycles. The van der Waals surface area contributed by atoms with Crippen molar-refractivity contribution in [3.05, 3.63) is 58.6 Å². The first-order chi connectivity index (χ1) is 13.4. The summed E-state index contributed by atoms with van der Waals surface area (Å²) in [7, 11) is -3.53. The number of nitrogens with zero attached hydrogens (tertiary/aromatic N) is 1. The van der Waals surface area contributed by atoms with E-state index in [0.717, 1.165) is 17.3 Å². The first-order valence-electron chi connectivity index (χ1n) is 8.69. The van der Waals surface area contributed by atoms with Crippen LogP contribution in [0.25, 0.3) is 0 Å². The summed E-state index contributed by atoms with van der Waals surface area (Å²) < 4.78 is 32.3. The topological polar surface area (TPSA) is 92.8 Å². The molecule has 0 spiro atoms. The molecule has 0 saturated carbocycles. The third-order valence-corrected chi connectivity index (χ3v) is 6.70. The van der Waals surface area contributed by atoms with E-state index in [1.165, 1.54) is 28.6 Å². The molecule has 1 aliphatic rings. The van der Waals surface area contributed by atoms with Crippen LogP contribution in [0.15, 0.2) is 57.9 Å². The van der Waals surface area contributed by atoms with Crippen LogP contribution in [0.5, 0.6) is 0 Å². The van der Waals surface area contributed by atoms with Crippen LogP contribution in [-0.2, 0) is 19.6 Å². The summed E-state index contributed by atoms with van der Waals surface area (Å²) >= 11 is 3.30. The third-order valence-electron chi connectivity index (χ3n) is 4.26. The second kappa shape index (κ2) is 8.85. The maximum atomic E-state index is 12.5. The van der Waals surface area contributed by atoms with E-state index in [1.807, 2.05) is 0 Å². The third kappa shape index (κ3) is 4.98. The van der Waals surface area contributed by atoms with Gasteiger partial charge in [0, 0.05) is 23.2 Å². The molecule has 3 rings (SSSR count). The highest BCUT2D eigenvalue weighted by Gasteiger charge is 2.27. The van der Waals surface area contributed by atoms with E-state index in [1.54, 1.807) is 24.3 Å². The Morgan fingerprint density at radius 1 is 1.00 bits per heavy atom. The summed E-state index contributed by atoms with van der Waals surface area (Å²) in [6.07, 6.45) is 1.71. The average molecular weight is 467 g/mol. The zero-order chi connectivity index (χ0) is 20.1. The molecule has 9 heteroatoms. The molecule has 0 radical (unpaired) electrons. The Hall–Kier alpha value is -2.23. The molecule has 1 amide bonds. The second-order valence-electron chi connectivity index (χ2n) is 6.27. The van der Waals surface area contributed by atoms with Gasteiger partial charge in [-0.25, -0.2) is 13.2 Å². The van der Waals surface area contributed by atoms with Crippen molar-refractivity contribution in [2.24, 2.45) is 0 Å². The standard InChI is InChI=1S/C19H19BrN2O5S/c20-15-5-7-16(8-6-15)21-18(23)13-27-19(24)14-3-9-17(10-4-14)28(25,26)22-11-1-2-12-22/h3-10H,1-2,11-13H2,(H,21,23). The van der Waals surface area contributed by atoms with Crippen molar-refractivity contribution in [3.63, 3.8) is 0 Å². The number of ether oxygens (including phenoxy) is 1. The first-order valence-corrected chi connectivity index (χ1v) is 10.9. The van der Waals surface area contributed by atoms with Gasteiger partial charge in [-0.15, -0.1) is 0 Å². The highest BCUT2D eigenvalue weighted by atomic mass is 79.9. The Balaban J connectivity index is 1.55. The van der Waals surface area contributed by atoms with E-state index in [4.69, 9.17) is 4.74 Å². The molecule has 1 saturated heterocycles. The molecule has 7 nitrogen and oxygen atoms in total. The minimum Gasteiger partial charge on any atom is -0.452 e. The van der Waals surface area contributed by atoms with Gasteiger partial charge >= 0.3 is 5.97 Å². The number of hydrogen-bond acceptors (Lipinski definition) is 5. The summed E-state index contributed by atoms with van der Waals surface area (Å²) in [5.74, 6) is -1.17. The molecule has 0 unspecified atom stereocenters. The van der Waals surface area contributed by atoms with E-state index in [-0.39, 0.29) is 10.5 Å². The number of carbonyl (C=O) groups is 2. The molecule has 1 heterocycles. The lowest BCUT2D eigenvalue weighted by atomic mass is 10.2. The van der Waals surface area contributed by atoms with Crippen molar-refractivity contribution < 1.29 is 22.7 Å². The van der Waals surface area contributed by atoms with Gasteiger partial charge in [-0.1, -0.05) is 15.9 Å². The molecule has 28 heavy (non-hydrogen) atoms. The van der Waals surface area contributed by atoms with E-state index < -0.39 is 28.5 Å². The first kappa shape index (κ1) is 20.5. The van der Waals surface area contributed by atoms with Crippen LogP contribution >= 0.6 is 15.9 Å². The van der Waals surface area contributed by atoms with Gasteiger partial charge in [-0.3, -0.25) is 4.79 Å². The highest BCUT2D eigenvalue weighted by Crippen LogP contribution is 2.21. The number of carbonyl (C=O) groups excluding carboxylic acids is 2. The SMILES string of the molecule is O=C(COC(=O)c1ccc(S(=O)(=O)N2CCCC2)cc1)Nc1ccc(Br)cc1. The number of amides is 1. The van der Waals surface area contributed by atoms with Gasteiger partial charge < -0.3 is 10.1 Å². The largest absolute Gasteiger partial charge is 0.452 e. The van der Waals surface area contributed by atoms with Gasteiger partial charge in [0.25, 0.3) is 5.91 Å². The molecule has 0 aromatic heterocycles. The smallest absolute Gasteiger partial charge is 0.338 e. The number of esters is 1. The van der Waals surface area contributed by atoms with Crippen LogP contribution in [0, 0.1) is 0 Å². The fraction of sp³-hybridized carbons (Fsp3) is 0.263. The fourth-order valence-electron chi connectivity index (χ4n) is 2.79.